The van der Waals surface area contributed by atoms with Crippen LogP contribution in [0, 0.1) is 10.1 Å². The van der Waals surface area contributed by atoms with Crippen LogP contribution in [0.2, 0.25) is 0 Å². The Morgan fingerprint density at radius 1 is 0.957 bits per heavy atom. The maximum atomic E-state index is 11.8. The van der Waals surface area contributed by atoms with Gasteiger partial charge in [0.1, 0.15) is 0 Å². The number of nitrogens with one attached hydrogen (secondary N) is 2. The number of rotatable bonds is 6. The van der Waals surface area contributed by atoms with E-state index in [0.29, 0.717) is 11.1 Å². The Morgan fingerprint density at radius 3 is 2.22 bits per heavy atom. The van der Waals surface area contributed by atoms with E-state index in [0.717, 1.165) is 0 Å². The van der Waals surface area contributed by atoms with Crippen LogP contribution in [0.5, 0.6) is 0 Å². The molecule has 0 aromatic heterocycles. The third kappa shape index (κ3) is 4.50. The van der Waals surface area contributed by atoms with E-state index in [-0.39, 0.29) is 17.4 Å². The fraction of sp³-hybridized carbons (Fsp3) is 0. The van der Waals surface area contributed by atoms with E-state index in [1.165, 1.54) is 36.5 Å². The van der Waals surface area contributed by atoms with Gasteiger partial charge < -0.3 is 5.43 Å². The van der Waals surface area contributed by atoms with E-state index in [2.05, 4.69) is 10.9 Å². The van der Waals surface area contributed by atoms with Gasteiger partial charge in [-0.3, -0.25) is 25.1 Å². The molecule has 0 bridgehead atoms. The van der Waals surface area contributed by atoms with Gasteiger partial charge in [-0.15, -0.1) is 0 Å². The number of allylic oxidation sites excluding steroid dienone is 1. The number of hydrogen-bond donors (Lipinski definition) is 2. The average molecular weight is 311 g/mol. The molecule has 116 valence electrons. The number of nitro groups is 1. The molecule has 2 aromatic carbocycles. The fourth-order valence-electron chi connectivity index (χ4n) is 1.73. The van der Waals surface area contributed by atoms with Crippen molar-refractivity contribution < 1.29 is 14.5 Å². The maximum Gasteiger partial charge on any atom is 0.269 e. The second kappa shape index (κ2) is 7.51. The lowest BCUT2D eigenvalue weighted by molar-refractivity contribution is -0.384. The molecular weight excluding hydrogens is 298 g/mol. The first kappa shape index (κ1) is 15.9. The predicted molar refractivity (Wildman–Crippen MR) is 83.6 cm³/mol. The van der Waals surface area contributed by atoms with E-state index < -0.39 is 4.92 Å². The molecule has 0 saturated heterocycles. The van der Waals surface area contributed by atoms with Gasteiger partial charge in [-0.05, 0) is 24.3 Å². The highest BCUT2D eigenvalue weighted by Gasteiger charge is 2.07. The van der Waals surface area contributed by atoms with Crippen molar-refractivity contribution in [3.05, 3.63) is 88.1 Å². The van der Waals surface area contributed by atoms with Crippen LogP contribution >= 0.6 is 0 Å². The van der Waals surface area contributed by atoms with Crippen LogP contribution in [-0.4, -0.2) is 16.6 Å². The molecule has 0 spiro atoms. The van der Waals surface area contributed by atoms with Crippen LogP contribution in [0.3, 0.4) is 0 Å². The van der Waals surface area contributed by atoms with Crippen molar-refractivity contribution in [2.24, 2.45) is 0 Å². The Hall–Kier alpha value is -3.48. The minimum absolute atomic E-state index is 0.0845. The number of nitrogens with zero attached hydrogens (tertiary/aromatic N) is 1. The number of ketones is 1. The summed E-state index contributed by atoms with van der Waals surface area (Å²) in [6.45, 7) is 0. The maximum absolute atomic E-state index is 11.8. The molecule has 0 unspecified atom stereocenters. The smallest absolute Gasteiger partial charge is 0.269 e. The standard InChI is InChI=1S/C16H13N3O4/c20-15(12-6-8-14(9-7-12)19(22)23)10-11-17-18-16(21)13-4-2-1-3-5-13/h1-11,17H,(H,18,21). The molecule has 0 aliphatic heterocycles. The van der Waals surface area contributed by atoms with Crippen molar-refractivity contribution in [3.8, 4) is 0 Å². The minimum atomic E-state index is -0.537. The van der Waals surface area contributed by atoms with Crippen LogP contribution in [0.4, 0.5) is 5.69 Å². The molecule has 23 heavy (non-hydrogen) atoms. The molecule has 0 fully saturated rings. The lowest BCUT2D eigenvalue weighted by Crippen LogP contribution is -2.33. The van der Waals surface area contributed by atoms with E-state index in [1.807, 2.05) is 0 Å². The summed E-state index contributed by atoms with van der Waals surface area (Å²) in [5.41, 5.74) is 5.62. The monoisotopic (exact) mass is 311 g/mol. The highest BCUT2D eigenvalue weighted by molar-refractivity contribution is 6.04. The number of hydrogen-bond acceptors (Lipinski definition) is 5. The number of carbonyl (C=O) groups is 2. The van der Waals surface area contributed by atoms with E-state index in [1.54, 1.807) is 30.3 Å². The molecule has 7 nitrogen and oxygen atoms in total. The molecule has 0 saturated carbocycles. The number of non-ortho nitro benzene ring substituents is 1. The highest BCUT2D eigenvalue weighted by Crippen LogP contribution is 2.12. The van der Waals surface area contributed by atoms with Gasteiger partial charge in [-0.1, -0.05) is 18.2 Å². The van der Waals surface area contributed by atoms with Crippen molar-refractivity contribution in [2.75, 3.05) is 0 Å². The average Bonchev–Trinajstić information content (AvgIpc) is 2.59. The number of hydrazine groups is 1. The summed E-state index contributed by atoms with van der Waals surface area (Å²) in [7, 11) is 0. The first-order valence-corrected chi connectivity index (χ1v) is 6.64. The van der Waals surface area contributed by atoms with Gasteiger partial charge >= 0.3 is 0 Å². The first-order chi connectivity index (χ1) is 11.1. The second-order valence-corrected chi connectivity index (χ2v) is 4.47. The number of nitro benzene ring substituents is 1. The Labute approximate surface area is 131 Å². The molecule has 0 aliphatic rings. The molecular formula is C16H13N3O4. The van der Waals surface area contributed by atoms with Crippen molar-refractivity contribution in [1.82, 2.24) is 10.9 Å². The van der Waals surface area contributed by atoms with Crippen LogP contribution in [0.15, 0.2) is 66.9 Å². The lowest BCUT2D eigenvalue weighted by atomic mass is 10.1. The summed E-state index contributed by atoms with van der Waals surface area (Å²) < 4.78 is 0. The molecule has 2 aromatic rings. The Kier molecular flexibility index (Phi) is 5.19. The molecule has 0 radical (unpaired) electrons. The largest absolute Gasteiger partial charge is 0.305 e. The SMILES string of the molecule is O=C(C=CNNC(=O)c1ccccc1)c1ccc([N+](=O)[O-])cc1. The normalized spacial score (nSPS) is 10.3. The fourth-order valence-corrected chi connectivity index (χ4v) is 1.73. The van der Waals surface area contributed by atoms with Gasteiger partial charge in [0, 0.05) is 35.5 Å². The van der Waals surface area contributed by atoms with Gasteiger partial charge in [0.05, 0.1) is 4.92 Å². The molecule has 2 rings (SSSR count). The zero-order valence-electron chi connectivity index (χ0n) is 11.9. The predicted octanol–water partition coefficient (Wildman–Crippen LogP) is 2.23. The van der Waals surface area contributed by atoms with Crippen LogP contribution < -0.4 is 10.9 Å². The van der Waals surface area contributed by atoms with Gasteiger partial charge in [-0.2, -0.15) is 0 Å². The molecule has 0 aliphatic carbocycles. The summed E-state index contributed by atoms with van der Waals surface area (Å²) >= 11 is 0. The summed E-state index contributed by atoms with van der Waals surface area (Å²) in [5, 5.41) is 10.5. The van der Waals surface area contributed by atoms with E-state index in [9.17, 15) is 19.7 Å². The van der Waals surface area contributed by atoms with Gasteiger partial charge in [0.2, 0.25) is 0 Å². The van der Waals surface area contributed by atoms with Crippen molar-refractivity contribution >= 4 is 17.4 Å². The molecule has 2 N–H and O–H groups in total. The molecule has 7 heteroatoms. The lowest BCUT2D eigenvalue weighted by Gasteiger charge is -2.03. The third-order valence-electron chi connectivity index (χ3n) is 2.90. The summed E-state index contributed by atoms with van der Waals surface area (Å²) in [6, 6.07) is 13.8. The highest BCUT2D eigenvalue weighted by atomic mass is 16.6. The van der Waals surface area contributed by atoms with Crippen molar-refractivity contribution in [1.29, 1.82) is 0 Å². The van der Waals surface area contributed by atoms with Gasteiger partial charge in [0.15, 0.2) is 5.78 Å². The number of benzene rings is 2. The number of carbonyl (C=O) groups excluding carboxylic acids is 2. The molecule has 0 heterocycles. The van der Waals surface area contributed by atoms with E-state index in [4.69, 9.17) is 0 Å². The van der Waals surface area contributed by atoms with Crippen LogP contribution in [0.1, 0.15) is 20.7 Å². The quantitative estimate of drug-likeness (QED) is 0.369. The minimum Gasteiger partial charge on any atom is -0.305 e. The first-order valence-electron chi connectivity index (χ1n) is 6.64. The Bertz CT molecular complexity index is 740. The summed E-state index contributed by atoms with van der Waals surface area (Å²) in [4.78, 5) is 33.5. The summed E-state index contributed by atoms with van der Waals surface area (Å²) in [6.07, 6.45) is 2.50. The molecule has 1 amide bonds. The van der Waals surface area contributed by atoms with Crippen LogP contribution in [-0.2, 0) is 0 Å². The van der Waals surface area contributed by atoms with Gasteiger partial charge in [-0.25, -0.2) is 0 Å². The number of amides is 1. The molecule has 0 atom stereocenters. The Balaban J connectivity index is 1.86. The summed E-state index contributed by atoms with van der Waals surface area (Å²) in [5.74, 6) is -0.681. The topological polar surface area (TPSA) is 101 Å². The zero-order valence-corrected chi connectivity index (χ0v) is 11.9. The van der Waals surface area contributed by atoms with E-state index >= 15 is 0 Å². The Morgan fingerprint density at radius 2 is 1.61 bits per heavy atom. The van der Waals surface area contributed by atoms with Gasteiger partial charge in [0.25, 0.3) is 11.6 Å². The third-order valence-corrected chi connectivity index (χ3v) is 2.90. The van der Waals surface area contributed by atoms with Crippen LogP contribution in [0.25, 0.3) is 0 Å². The van der Waals surface area contributed by atoms with Crippen molar-refractivity contribution in [3.63, 3.8) is 0 Å². The van der Waals surface area contributed by atoms with Crippen molar-refractivity contribution in [2.45, 2.75) is 0 Å². The second-order valence-electron chi connectivity index (χ2n) is 4.47. The zero-order chi connectivity index (χ0) is 16.7.